The van der Waals surface area contributed by atoms with Crippen molar-refractivity contribution >= 4 is 22.8 Å². The van der Waals surface area contributed by atoms with Crippen LogP contribution in [-0.4, -0.2) is 30.4 Å². The number of esters is 1. The van der Waals surface area contributed by atoms with E-state index in [1.54, 1.807) is 7.05 Å². The molecule has 130 valence electrons. The smallest absolute Gasteiger partial charge is 0.365 e. The van der Waals surface area contributed by atoms with Crippen LogP contribution in [0.4, 0.5) is 0 Å². The minimum absolute atomic E-state index is 0.325. The summed E-state index contributed by atoms with van der Waals surface area (Å²) in [4.78, 5) is 11.6. The van der Waals surface area contributed by atoms with Gasteiger partial charge in [0.15, 0.2) is 0 Å². The summed E-state index contributed by atoms with van der Waals surface area (Å²) in [6.07, 6.45) is 13.2. The topological polar surface area (TPSA) is 50.7 Å². The van der Waals surface area contributed by atoms with E-state index in [1.807, 2.05) is 6.92 Å². The molecule has 4 nitrogen and oxygen atoms in total. The number of ether oxygens (including phenoxy) is 1. The Balaban J connectivity index is 3.50. The molecule has 0 aromatic rings. The lowest BCUT2D eigenvalue weighted by Crippen LogP contribution is -2.17. The van der Waals surface area contributed by atoms with Crippen LogP contribution in [0.1, 0.15) is 78.1 Å². The van der Waals surface area contributed by atoms with Crippen molar-refractivity contribution in [3.05, 3.63) is 0 Å². The van der Waals surface area contributed by atoms with Crippen molar-refractivity contribution in [2.75, 3.05) is 19.4 Å². The number of nitrogens with zero attached hydrogens (tertiary/aromatic N) is 1. The Bertz CT molecular complexity index is 296. The maximum Gasteiger partial charge on any atom is 0.365 e. The van der Waals surface area contributed by atoms with Crippen LogP contribution in [0, 0.1) is 0 Å². The highest BCUT2D eigenvalue weighted by atomic mass is 32.2. The molecule has 0 aliphatic carbocycles. The van der Waals surface area contributed by atoms with Crippen molar-refractivity contribution in [2.24, 2.45) is 5.10 Å². The monoisotopic (exact) mass is 330 g/mol. The number of unbranched alkanes of at least 4 members (excludes halogenated alkanes) is 9. The first-order valence-electron chi connectivity index (χ1n) is 8.80. The van der Waals surface area contributed by atoms with Gasteiger partial charge in [-0.2, -0.15) is 5.10 Å². The number of carbonyl (C=O) groups is 1. The van der Waals surface area contributed by atoms with Crippen molar-refractivity contribution in [2.45, 2.75) is 78.1 Å². The fraction of sp³-hybridized carbons (Fsp3) is 0.882. The van der Waals surface area contributed by atoms with Gasteiger partial charge in [-0.25, -0.2) is 4.79 Å². The molecule has 5 heteroatoms. The number of carbonyl (C=O) groups excluding carboxylic acids is 1. The lowest BCUT2D eigenvalue weighted by Gasteiger charge is -2.05. The molecule has 0 bridgehead atoms. The molecule has 22 heavy (non-hydrogen) atoms. The van der Waals surface area contributed by atoms with Crippen LogP contribution in [0.3, 0.4) is 0 Å². The molecule has 0 aliphatic rings. The van der Waals surface area contributed by atoms with E-state index in [9.17, 15) is 4.79 Å². The second kappa shape index (κ2) is 16.7. The van der Waals surface area contributed by atoms with E-state index in [1.165, 1.54) is 69.5 Å². The van der Waals surface area contributed by atoms with Gasteiger partial charge < -0.3 is 10.2 Å². The van der Waals surface area contributed by atoms with Gasteiger partial charge in [0.2, 0.25) is 5.04 Å². The Hall–Kier alpha value is -0.710. The average molecular weight is 331 g/mol. The largest absolute Gasteiger partial charge is 0.461 e. The van der Waals surface area contributed by atoms with Crippen molar-refractivity contribution in [1.29, 1.82) is 0 Å². The SMILES string of the molecule is CCCCCCCCCCCCSC(=NNC)C(=O)OCC. The summed E-state index contributed by atoms with van der Waals surface area (Å²) in [7, 11) is 1.69. The summed E-state index contributed by atoms with van der Waals surface area (Å²) >= 11 is 1.48. The quantitative estimate of drug-likeness (QED) is 0.174. The summed E-state index contributed by atoms with van der Waals surface area (Å²) in [5.74, 6) is 0.601. The molecule has 0 amide bonds. The van der Waals surface area contributed by atoms with Gasteiger partial charge in [0, 0.05) is 7.05 Å². The van der Waals surface area contributed by atoms with Crippen molar-refractivity contribution < 1.29 is 9.53 Å². The Labute approximate surface area is 140 Å². The molecule has 0 rings (SSSR count). The normalized spacial score (nSPS) is 11.5. The lowest BCUT2D eigenvalue weighted by atomic mass is 10.1. The number of thioether (sulfide) groups is 1. The highest BCUT2D eigenvalue weighted by Crippen LogP contribution is 2.13. The molecule has 0 saturated carbocycles. The molecule has 0 aliphatic heterocycles. The van der Waals surface area contributed by atoms with Gasteiger partial charge >= 0.3 is 5.97 Å². The molecule has 0 aromatic heterocycles. The first-order chi connectivity index (χ1) is 10.8. The average Bonchev–Trinajstić information content (AvgIpc) is 2.51. The van der Waals surface area contributed by atoms with E-state index >= 15 is 0 Å². The molecule has 0 unspecified atom stereocenters. The van der Waals surface area contributed by atoms with E-state index in [2.05, 4.69) is 17.5 Å². The van der Waals surface area contributed by atoms with Crippen molar-refractivity contribution in [3.63, 3.8) is 0 Å². The number of hydrogen-bond acceptors (Lipinski definition) is 5. The van der Waals surface area contributed by atoms with Crippen LogP contribution in [0.5, 0.6) is 0 Å². The van der Waals surface area contributed by atoms with E-state index in [0.29, 0.717) is 11.7 Å². The maximum absolute atomic E-state index is 11.6. The van der Waals surface area contributed by atoms with Gasteiger partial charge in [-0.15, -0.1) is 0 Å². The highest BCUT2D eigenvalue weighted by molar-refractivity contribution is 8.15. The van der Waals surface area contributed by atoms with E-state index in [-0.39, 0.29) is 5.97 Å². The van der Waals surface area contributed by atoms with Crippen LogP contribution in [0.25, 0.3) is 0 Å². The zero-order valence-electron chi connectivity index (χ0n) is 14.7. The van der Waals surface area contributed by atoms with Gasteiger partial charge in [-0.1, -0.05) is 76.5 Å². The van der Waals surface area contributed by atoms with Crippen molar-refractivity contribution in [1.82, 2.24) is 5.43 Å². The van der Waals surface area contributed by atoms with Crippen LogP contribution >= 0.6 is 11.8 Å². The second-order valence-electron chi connectivity index (χ2n) is 5.39. The predicted octanol–water partition coefficient (Wildman–Crippen LogP) is 4.74. The van der Waals surface area contributed by atoms with Crippen LogP contribution in [0.2, 0.25) is 0 Å². The molecule has 0 spiro atoms. The third kappa shape index (κ3) is 13.0. The summed E-state index contributed by atoms with van der Waals surface area (Å²) < 4.78 is 4.98. The first-order valence-corrected chi connectivity index (χ1v) is 9.79. The molecule has 0 radical (unpaired) electrons. The van der Waals surface area contributed by atoms with Gasteiger partial charge in [-0.05, 0) is 19.1 Å². The number of nitrogens with one attached hydrogen (secondary N) is 1. The third-order valence-corrected chi connectivity index (χ3v) is 4.42. The molecule has 0 aromatic carbocycles. The van der Waals surface area contributed by atoms with Crippen LogP contribution in [0.15, 0.2) is 5.10 Å². The third-order valence-electron chi connectivity index (χ3n) is 3.40. The standard InChI is InChI=1S/C17H34N2O2S/c1-4-6-7-8-9-10-11-12-13-14-15-22-16(19-18-3)17(20)21-5-2/h18H,4-15H2,1-3H3. The zero-order valence-corrected chi connectivity index (χ0v) is 15.5. The van der Waals surface area contributed by atoms with Gasteiger partial charge in [0.05, 0.1) is 6.61 Å². The molecular weight excluding hydrogens is 296 g/mol. The first kappa shape index (κ1) is 21.3. The van der Waals surface area contributed by atoms with Gasteiger partial charge in [0.25, 0.3) is 0 Å². The fourth-order valence-corrected chi connectivity index (χ4v) is 3.06. The Morgan fingerprint density at radius 3 is 2.00 bits per heavy atom. The van der Waals surface area contributed by atoms with Gasteiger partial charge in [-0.3, -0.25) is 0 Å². The minimum Gasteiger partial charge on any atom is -0.461 e. The Kier molecular flexibility index (Phi) is 16.1. The second-order valence-corrected chi connectivity index (χ2v) is 6.48. The van der Waals surface area contributed by atoms with E-state index < -0.39 is 0 Å². The van der Waals surface area contributed by atoms with E-state index in [0.717, 1.165) is 12.2 Å². The molecule has 0 atom stereocenters. The predicted molar refractivity (Wildman–Crippen MR) is 97.4 cm³/mol. The zero-order chi connectivity index (χ0) is 16.5. The van der Waals surface area contributed by atoms with Gasteiger partial charge in [0.1, 0.15) is 0 Å². The summed E-state index contributed by atoms with van der Waals surface area (Å²) in [6.45, 7) is 4.45. The summed E-state index contributed by atoms with van der Waals surface area (Å²) in [5.41, 5.74) is 2.66. The molecule has 0 fully saturated rings. The van der Waals surface area contributed by atoms with Crippen molar-refractivity contribution in [3.8, 4) is 0 Å². The Morgan fingerprint density at radius 2 is 1.50 bits per heavy atom. The molecule has 1 N–H and O–H groups in total. The lowest BCUT2D eigenvalue weighted by molar-refractivity contribution is -0.134. The van der Waals surface area contributed by atoms with E-state index in [4.69, 9.17) is 4.74 Å². The minimum atomic E-state index is -0.325. The fourth-order valence-electron chi connectivity index (χ4n) is 2.19. The van der Waals surface area contributed by atoms with Crippen LogP contribution < -0.4 is 5.43 Å². The number of rotatable bonds is 13. The maximum atomic E-state index is 11.6. The highest BCUT2D eigenvalue weighted by Gasteiger charge is 2.12. The Morgan fingerprint density at radius 1 is 0.955 bits per heavy atom. The van der Waals surface area contributed by atoms with Crippen LogP contribution in [-0.2, 0) is 9.53 Å². The number of hydrazone groups is 1. The molecular formula is C17H34N2O2S. The summed E-state index contributed by atoms with van der Waals surface area (Å²) in [5, 5.41) is 4.41. The summed E-state index contributed by atoms with van der Waals surface area (Å²) in [6, 6.07) is 0. The molecule has 0 heterocycles. The number of hydrogen-bond donors (Lipinski definition) is 1. The molecule has 0 saturated heterocycles.